The molecule has 0 aliphatic rings. The van der Waals surface area contributed by atoms with Crippen molar-refractivity contribution in [3.05, 3.63) is 17.8 Å². The topological polar surface area (TPSA) is 87.6 Å². The highest BCUT2D eigenvalue weighted by Crippen LogP contribution is 2.18. The average Bonchev–Trinajstić information content (AvgIpc) is 2.37. The van der Waals surface area contributed by atoms with Gasteiger partial charge in [-0.1, -0.05) is 18.5 Å². The van der Waals surface area contributed by atoms with Gasteiger partial charge in [0, 0.05) is 13.1 Å². The molecule has 0 fully saturated rings. The second-order valence-corrected chi connectivity index (χ2v) is 4.00. The molecule has 0 bridgehead atoms. The van der Waals surface area contributed by atoms with Crippen LogP contribution in [0.15, 0.2) is 17.4 Å². The minimum atomic E-state index is 0.0467. The summed E-state index contributed by atoms with van der Waals surface area (Å²) < 4.78 is 0. The van der Waals surface area contributed by atoms with Gasteiger partial charge in [-0.3, -0.25) is 0 Å². The molecule has 3 N–H and O–H groups in total. The van der Waals surface area contributed by atoms with E-state index < -0.39 is 0 Å². The van der Waals surface area contributed by atoms with Crippen LogP contribution in [-0.4, -0.2) is 34.3 Å². The molecule has 0 radical (unpaired) electrons. The molecule has 0 amide bonds. The third-order valence-corrected chi connectivity index (χ3v) is 2.79. The van der Waals surface area contributed by atoms with Gasteiger partial charge in [0.15, 0.2) is 11.7 Å². The fraction of sp³-hybridized carbons (Fsp3) is 0.545. The van der Waals surface area contributed by atoms with Crippen molar-refractivity contribution in [1.82, 2.24) is 10.2 Å². The third kappa shape index (κ3) is 3.05. The van der Waals surface area contributed by atoms with Gasteiger partial charge < -0.3 is 15.8 Å². The molecular weight excluding hydrogens is 218 g/mol. The molecule has 6 nitrogen and oxygen atoms in total. The summed E-state index contributed by atoms with van der Waals surface area (Å²) in [6, 6.07) is 2.01. The second kappa shape index (κ2) is 6.03. The highest BCUT2D eigenvalue weighted by atomic mass is 16.4. The minimum Gasteiger partial charge on any atom is -0.409 e. The Balaban J connectivity index is 3.04. The van der Waals surface area contributed by atoms with Gasteiger partial charge in [-0.15, -0.1) is 5.10 Å². The van der Waals surface area contributed by atoms with Crippen molar-refractivity contribution in [2.24, 2.45) is 10.9 Å². The van der Waals surface area contributed by atoms with E-state index in [9.17, 15) is 0 Å². The SMILES string of the molecule is CCCC(C)N(C)c1nnccc1/C(N)=N/O. The van der Waals surface area contributed by atoms with Crippen LogP contribution in [0.2, 0.25) is 0 Å². The second-order valence-electron chi connectivity index (χ2n) is 4.00. The molecule has 1 unspecified atom stereocenters. The standard InChI is InChI=1S/C11H19N5O/c1-4-5-8(2)16(3)11-9(10(12)15-17)6-7-13-14-11/h6-8,17H,4-5H2,1-3H3,(H2,12,15). The Morgan fingerprint density at radius 2 is 2.35 bits per heavy atom. The summed E-state index contributed by atoms with van der Waals surface area (Å²) in [6.45, 7) is 4.24. The molecule has 94 valence electrons. The van der Waals surface area contributed by atoms with Crippen LogP contribution in [0.3, 0.4) is 0 Å². The van der Waals surface area contributed by atoms with Gasteiger partial charge in [0.1, 0.15) is 0 Å². The summed E-state index contributed by atoms with van der Waals surface area (Å²) in [5.74, 6) is 0.675. The smallest absolute Gasteiger partial charge is 0.173 e. The number of nitrogens with zero attached hydrogens (tertiary/aromatic N) is 4. The molecule has 0 aliphatic heterocycles. The van der Waals surface area contributed by atoms with Gasteiger partial charge in [-0.2, -0.15) is 5.10 Å². The molecule has 1 heterocycles. The lowest BCUT2D eigenvalue weighted by Gasteiger charge is -2.26. The number of anilines is 1. The molecule has 0 aliphatic carbocycles. The Labute approximate surface area is 101 Å². The summed E-state index contributed by atoms with van der Waals surface area (Å²) in [5, 5.41) is 19.6. The van der Waals surface area contributed by atoms with Crippen molar-refractivity contribution in [2.45, 2.75) is 32.7 Å². The number of rotatable bonds is 5. The number of aromatic nitrogens is 2. The molecule has 0 aromatic carbocycles. The Kier molecular flexibility index (Phi) is 4.68. The first-order valence-electron chi connectivity index (χ1n) is 5.64. The predicted molar refractivity (Wildman–Crippen MR) is 67.3 cm³/mol. The van der Waals surface area contributed by atoms with E-state index in [2.05, 4.69) is 29.2 Å². The maximum Gasteiger partial charge on any atom is 0.173 e. The predicted octanol–water partition coefficient (Wildman–Crippen LogP) is 1.20. The van der Waals surface area contributed by atoms with E-state index in [4.69, 9.17) is 10.9 Å². The van der Waals surface area contributed by atoms with E-state index in [1.165, 1.54) is 6.20 Å². The quantitative estimate of drug-likeness (QED) is 0.347. The van der Waals surface area contributed by atoms with Crippen molar-refractivity contribution in [3.63, 3.8) is 0 Å². The van der Waals surface area contributed by atoms with Gasteiger partial charge >= 0.3 is 0 Å². The number of oxime groups is 1. The maximum atomic E-state index is 8.73. The van der Waals surface area contributed by atoms with Crippen LogP contribution in [0, 0.1) is 0 Å². The fourth-order valence-electron chi connectivity index (χ4n) is 1.66. The van der Waals surface area contributed by atoms with Gasteiger partial charge in [0.25, 0.3) is 0 Å². The zero-order valence-corrected chi connectivity index (χ0v) is 10.5. The first-order valence-corrected chi connectivity index (χ1v) is 5.64. The Morgan fingerprint density at radius 3 is 2.94 bits per heavy atom. The molecule has 1 aromatic rings. The Morgan fingerprint density at radius 1 is 1.65 bits per heavy atom. The molecule has 17 heavy (non-hydrogen) atoms. The first-order chi connectivity index (χ1) is 8.11. The maximum absolute atomic E-state index is 8.73. The fourth-order valence-corrected chi connectivity index (χ4v) is 1.66. The van der Waals surface area contributed by atoms with Crippen molar-refractivity contribution in [2.75, 3.05) is 11.9 Å². The van der Waals surface area contributed by atoms with Crippen molar-refractivity contribution in [1.29, 1.82) is 0 Å². The summed E-state index contributed by atoms with van der Waals surface area (Å²) in [7, 11) is 1.93. The van der Waals surface area contributed by atoms with E-state index in [0.29, 0.717) is 17.4 Å². The van der Waals surface area contributed by atoms with Gasteiger partial charge in [0.05, 0.1) is 11.8 Å². The number of hydrogen-bond acceptors (Lipinski definition) is 5. The van der Waals surface area contributed by atoms with Crippen LogP contribution >= 0.6 is 0 Å². The summed E-state index contributed by atoms with van der Waals surface area (Å²) in [5.41, 5.74) is 6.20. The van der Waals surface area contributed by atoms with Gasteiger partial charge in [0.2, 0.25) is 0 Å². The number of nitrogens with two attached hydrogens (primary N) is 1. The minimum absolute atomic E-state index is 0.0467. The van der Waals surface area contributed by atoms with Crippen LogP contribution in [0.25, 0.3) is 0 Å². The lowest BCUT2D eigenvalue weighted by molar-refractivity contribution is 0.318. The van der Waals surface area contributed by atoms with E-state index in [1.54, 1.807) is 6.07 Å². The zero-order valence-electron chi connectivity index (χ0n) is 10.5. The van der Waals surface area contributed by atoms with Gasteiger partial charge in [-0.25, -0.2) is 0 Å². The van der Waals surface area contributed by atoms with Crippen LogP contribution in [-0.2, 0) is 0 Å². The molecule has 0 saturated carbocycles. The largest absolute Gasteiger partial charge is 0.409 e. The molecular formula is C11H19N5O. The van der Waals surface area contributed by atoms with E-state index >= 15 is 0 Å². The highest BCUT2D eigenvalue weighted by molar-refractivity contribution is 6.01. The average molecular weight is 237 g/mol. The van der Waals surface area contributed by atoms with Crippen molar-refractivity contribution in [3.8, 4) is 0 Å². The Hall–Kier alpha value is -1.85. The molecule has 6 heteroatoms. The van der Waals surface area contributed by atoms with Crippen LogP contribution in [0.1, 0.15) is 32.3 Å². The summed E-state index contributed by atoms with van der Waals surface area (Å²) >= 11 is 0. The van der Waals surface area contributed by atoms with Crippen molar-refractivity contribution >= 4 is 11.7 Å². The zero-order chi connectivity index (χ0) is 12.8. The molecule has 0 spiro atoms. The van der Waals surface area contributed by atoms with Crippen molar-refractivity contribution < 1.29 is 5.21 Å². The first kappa shape index (κ1) is 13.2. The molecule has 1 aromatic heterocycles. The van der Waals surface area contributed by atoms with Crippen LogP contribution in [0.4, 0.5) is 5.82 Å². The van der Waals surface area contributed by atoms with E-state index in [1.807, 2.05) is 11.9 Å². The monoisotopic (exact) mass is 237 g/mol. The Bertz CT molecular complexity index is 393. The van der Waals surface area contributed by atoms with Gasteiger partial charge in [-0.05, 0) is 19.4 Å². The van der Waals surface area contributed by atoms with Crippen LogP contribution < -0.4 is 10.6 Å². The number of amidine groups is 1. The van der Waals surface area contributed by atoms with Crippen LogP contribution in [0.5, 0.6) is 0 Å². The van der Waals surface area contributed by atoms with E-state index in [-0.39, 0.29) is 5.84 Å². The number of hydrogen-bond donors (Lipinski definition) is 2. The summed E-state index contributed by atoms with van der Waals surface area (Å²) in [4.78, 5) is 1.99. The summed E-state index contributed by atoms with van der Waals surface area (Å²) in [6.07, 6.45) is 3.66. The lowest BCUT2D eigenvalue weighted by atomic mass is 10.1. The highest BCUT2D eigenvalue weighted by Gasteiger charge is 2.16. The lowest BCUT2D eigenvalue weighted by Crippen LogP contribution is -2.32. The third-order valence-electron chi connectivity index (χ3n) is 2.79. The molecule has 1 rings (SSSR count). The van der Waals surface area contributed by atoms with E-state index in [0.717, 1.165) is 12.8 Å². The molecule has 1 atom stereocenters. The molecule has 0 saturated heterocycles. The normalized spacial score (nSPS) is 13.5.